The van der Waals surface area contributed by atoms with Crippen molar-refractivity contribution in [2.24, 2.45) is 0 Å². The molecule has 1 aromatic carbocycles. The van der Waals surface area contributed by atoms with Gasteiger partial charge in [0.05, 0.1) is 5.69 Å². The molecule has 7 heteroatoms. The molecule has 1 spiro atoms. The van der Waals surface area contributed by atoms with Crippen molar-refractivity contribution in [2.75, 3.05) is 23.3 Å². The van der Waals surface area contributed by atoms with E-state index in [2.05, 4.69) is 26.3 Å². The molecular weight excluding hydrogens is 376 g/mol. The second-order valence-electron chi connectivity index (χ2n) is 8.46. The first-order valence-electron chi connectivity index (χ1n) is 10.5. The number of hydrogen-bond donors (Lipinski definition) is 2. The van der Waals surface area contributed by atoms with Gasteiger partial charge in [-0.05, 0) is 69.4 Å². The Hall–Kier alpha value is -3.22. The van der Waals surface area contributed by atoms with Gasteiger partial charge >= 0.3 is 0 Å². The van der Waals surface area contributed by atoms with E-state index in [1.807, 2.05) is 32.2 Å². The number of nitrogens with one attached hydrogen (secondary N) is 1. The molecular formula is C23H26N6O. The molecule has 1 aliphatic carbocycles. The van der Waals surface area contributed by atoms with Gasteiger partial charge in [-0.2, -0.15) is 4.98 Å². The minimum absolute atomic E-state index is 0.0880. The quantitative estimate of drug-likeness (QED) is 0.644. The summed E-state index contributed by atoms with van der Waals surface area (Å²) in [6, 6.07) is 8.98. The lowest BCUT2D eigenvalue weighted by molar-refractivity contribution is 0.333. The molecule has 0 bridgehead atoms. The van der Waals surface area contributed by atoms with Crippen LogP contribution in [0.3, 0.4) is 0 Å². The first kappa shape index (κ1) is 18.8. The van der Waals surface area contributed by atoms with E-state index in [-0.39, 0.29) is 11.2 Å². The monoisotopic (exact) mass is 402 g/mol. The largest absolute Gasteiger partial charge is 0.508 e. The normalized spacial score (nSPS) is 20.4. The maximum absolute atomic E-state index is 9.49. The van der Waals surface area contributed by atoms with Crippen molar-refractivity contribution >= 4 is 17.5 Å². The molecule has 3 heterocycles. The molecule has 1 aliphatic heterocycles. The van der Waals surface area contributed by atoms with Crippen LogP contribution >= 0.6 is 0 Å². The number of aromatic hydroxyl groups is 1. The summed E-state index contributed by atoms with van der Waals surface area (Å²) in [5.41, 5.74) is 4.40. The fourth-order valence-corrected chi connectivity index (χ4v) is 4.80. The number of aryl methyl sites for hydroxylation is 3. The van der Waals surface area contributed by atoms with Crippen LogP contribution in [0.25, 0.3) is 0 Å². The van der Waals surface area contributed by atoms with Gasteiger partial charge in [-0.15, -0.1) is 0 Å². The van der Waals surface area contributed by atoms with E-state index in [1.165, 1.54) is 11.3 Å². The van der Waals surface area contributed by atoms with Crippen molar-refractivity contribution < 1.29 is 5.11 Å². The van der Waals surface area contributed by atoms with Crippen LogP contribution in [0.15, 0.2) is 36.5 Å². The molecule has 5 rings (SSSR count). The average Bonchev–Trinajstić information content (AvgIpc) is 3.06. The van der Waals surface area contributed by atoms with E-state index in [0.717, 1.165) is 61.8 Å². The Bertz CT molecular complexity index is 1080. The maximum atomic E-state index is 9.49. The van der Waals surface area contributed by atoms with Crippen molar-refractivity contribution in [1.29, 1.82) is 0 Å². The van der Waals surface area contributed by atoms with Gasteiger partial charge in [0.2, 0.25) is 5.95 Å². The molecule has 30 heavy (non-hydrogen) atoms. The molecule has 1 fully saturated rings. The third-order valence-electron chi connectivity index (χ3n) is 6.23. The number of hydrogen-bond acceptors (Lipinski definition) is 7. The van der Waals surface area contributed by atoms with Gasteiger partial charge in [-0.3, -0.25) is 0 Å². The molecule has 7 nitrogen and oxygen atoms in total. The highest BCUT2D eigenvalue weighted by molar-refractivity contribution is 5.57. The van der Waals surface area contributed by atoms with Crippen LogP contribution in [0.2, 0.25) is 0 Å². The minimum atomic E-state index is 0.0880. The van der Waals surface area contributed by atoms with Gasteiger partial charge in [0, 0.05) is 42.1 Å². The molecule has 2 aliphatic rings. The third-order valence-corrected chi connectivity index (χ3v) is 6.23. The lowest BCUT2D eigenvalue weighted by atomic mass is 9.77. The van der Waals surface area contributed by atoms with E-state index in [0.29, 0.717) is 5.95 Å². The summed E-state index contributed by atoms with van der Waals surface area (Å²) < 4.78 is 0. The highest BCUT2D eigenvalue weighted by Crippen LogP contribution is 2.44. The van der Waals surface area contributed by atoms with Gasteiger partial charge in [0.15, 0.2) is 0 Å². The minimum Gasteiger partial charge on any atom is -0.508 e. The Morgan fingerprint density at radius 2 is 1.90 bits per heavy atom. The number of nitrogens with zero attached hydrogens (tertiary/aromatic N) is 5. The number of aromatic nitrogens is 4. The second kappa shape index (κ2) is 7.23. The van der Waals surface area contributed by atoms with Crippen molar-refractivity contribution in [3.05, 3.63) is 59.3 Å². The zero-order chi connectivity index (χ0) is 20.7. The summed E-state index contributed by atoms with van der Waals surface area (Å²) in [6.07, 6.45) is 6.47. The second-order valence-corrected chi connectivity index (χ2v) is 8.46. The standard InChI is InChI=1S/C23H26N6O/c1-15-12-20(28-22(25-15)27-18-4-6-19(30)7-5-18)29-11-3-9-23(14-29)10-8-17-13-24-16(2)26-21(17)23/h4-7,12-13,30H,3,8-11,14H2,1-2H3,(H,25,27,28). The number of phenolic OH excluding ortho intramolecular Hbond substituents is 1. The molecule has 0 amide bonds. The molecule has 0 saturated carbocycles. The Morgan fingerprint density at radius 1 is 1.07 bits per heavy atom. The van der Waals surface area contributed by atoms with Crippen molar-refractivity contribution in [3.8, 4) is 5.75 Å². The van der Waals surface area contributed by atoms with E-state index in [9.17, 15) is 5.11 Å². The fourth-order valence-electron chi connectivity index (χ4n) is 4.80. The summed E-state index contributed by atoms with van der Waals surface area (Å²) in [7, 11) is 0. The Kier molecular flexibility index (Phi) is 4.53. The maximum Gasteiger partial charge on any atom is 0.229 e. The fraction of sp³-hybridized carbons (Fsp3) is 0.391. The van der Waals surface area contributed by atoms with Gasteiger partial charge in [-0.25, -0.2) is 15.0 Å². The van der Waals surface area contributed by atoms with E-state index in [1.54, 1.807) is 12.1 Å². The predicted octanol–water partition coefficient (Wildman–Crippen LogP) is 3.82. The summed E-state index contributed by atoms with van der Waals surface area (Å²) in [5, 5.41) is 12.7. The van der Waals surface area contributed by atoms with Crippen molar-refractivity contribution in [3.63, 3.8) is 0 Å². The number of anilines is 3. The summed E-state index contributed by atoms with van der Waals surface area (Å²) in [6.45, 7) is 5.87. The summed E-state index contributed by atoms with van der Waals surface area (Å²) in [5.74, 6) is 2.61. The molecule has 3 aromatic rings. The number of rotatable bonds is 3. The number of phenols is 1. The van der Waals surface area contributed by atoms with E-state index in [4.69, 9.17) is 9.97 Å². The van der Waals surface area contributed by atoms with Crippen LogP contribution in [0.1, 0.15) is 42.0 Å². The van der Waals surface area contributed by atoms with Crippen LogP contribution in [0, 0.1) is 13.8 Å². The molecule has 0 radical (unpaired) electrons. The highest BCUT2D eigenvalue weighted by atomic mass is 16.3. The molecule has 1 unspecified atom stereocenters. The van der Waals surface area contributed by atoms with Crippen LogP contribution in [0.4, 0.5) is 17.5 Å². The Labute approximate surface area is 176 Å². The number of benzene rings is 1. The third kappa shape index (κ3) is 3.44. The predicted molar refractivity (Wildman–Crippen MR) is 116 cm³/mol. The van der Waals surface area contributed by atoms with Crippen molar-refractivity contribution in [2.45, 2.75) is 44.9 Å². The lowest BCUT2D eigenvalue weighted by Crippen LogP contribution is -2.46. The van der Waals surface area contributed by atoms with E-state index < -0.39 is 0 Å². The van der Waals surface area contributed by atoms with Gasteiger partial charge in [0.25, 0.3) is 0 Å². The Morgan fingerprint density at radius 3 is 2.73 bits per heavy atom. The average molecular weight is 403 g/mol. The van der Waals surface area contributed by atoms with Gasteiger partial charge < -0.3 is 15.3 Å². The summed E-state index contributed by atoms with van der Waals surface area (Å²) in [4.78, 5) is 21.0. The lowest BCUT2D eigenvalue weighted by Gasteiger charge is -2.41. The zero-order valence-corrected chi connectivity index (χ0v) is 17.4. The van der Waals surface area contributed by atoms with Crippen molar-refractivity contribution in [1.82, 2.24) is 19.9 Å². The molecule has 1 saturated heterocycles. The smallest absolute Gasteiger partial charge is 0.229 e. The van der Waals surface area contributed by atoms with Crippen LogP contribution < -0.4 is 10.2 Å². The van der Waals surface area contributed by atoms with Crippen LogP contribution in [0.5, 0.6) is 5.75 Å². The molecule has 1 atom stereocenters. The summed E-state index contributed by atoms with van der Waals surface area (Å²) >= 11 is 0. The van der Waals surface area contributed by atoms with Gasteiger partial charge in [-0.1, -0.05) is 0 Å². The van der Waals surface area contributed by atoms with Gasteiger partial charge in [0.1, 0.15) is 17.4 Å². The SMILES string of the molecule is Cc1cc(N2CCCC3(CCc4cnc(C)nc43)C2)nc(Nc2ccc(O)cc2)n1. The van der Waals surface area contributed by atoms with Crippen LogP contribution in [-0.2, 0) is 11.8 Å². The molecule has 2 N–H and O–H groups in total. The first-order chi connectivity index (χ1) is 14.5. The highest BCUT2D eigenvalue weighted by Gasteiger charge is 2.44. The molecule has 154 valence electrons. The van der Waals surface area contributed by atoms with Crippen LogP contribution in [-0.4, -0.2) is 38.1 Å². The van der Waals surface area contributed by atoms with E-state index >= 15 is 0 Å². The Balaban J connectivity index is 1.43. The first-order valence-corrected chi connectivity index (χ1v) is 10.5. The molecule has 2 aromatic heterocycles. The topological polar surface area (TPSA) is 87.1 Å². The number of fused-ring (bicyclic) bond motifs is 2. The zero-order valence-electron chi connectivity index (χ0n) is 17.4. The number of piperidine rings is 1.